The second kappa shape index (κ2) is 9.83. The number of benzene rings is 1. The van der Waals surface area contributed by atoms with E-state index in [1.807, 2.05) is 11.8 Å². The highest BCUT2D eigenvalue weighted by Gasteiger charge is 2.22. The molecule has 0 amide bonds. The molecule has 1 aliphatic heterocycles. The SMILES string of the molecule is CCN1CCCC1CN=C(N)NCCSCc1ccc(C)cc1. The van der Waals surface area contributed by atoms with Crippen LogP contribution in [-0.4, -0.2) is 48.8 Å². The van der Waals surface area contributed by atoms with Crippen LogP contribution >= 0.6 is 11.8 Å². The standard InChI is InChI=1S/C18H30N4S/c1-3-22-11-4-5-17(22)13-21-18(19)20-10-12-23-14-16-8-6-15(2)7-9-16/h6-9,17H,3-5,10-14H2,1-2H3,(H3,19,20,21). The third kappa shape index (κ3) is 6.43. The van der Waals surface area contributed by atoms with E-state index in [4.69, 9.17) is 5.73 Å². The van der Waals surface area contributed by atoms with Crippen LogP contribution in [0, 0.1) is 6.92 Å². The van der Waals surface area contributed by atoms with Gasteiger partial charge in [-0.3, -0.25) is 9.89 Å². The van der Waals surface area contributed by atoms with E-state index in [0.29, 0.717) is 12.0 Å². The van der Waals surface area contributed by atoms with Crippen LogP contribution in [0.4, 0.5) is 0 Å². The van der Waals surface area contributed by atoms with Gasteiger partial charge in [0.25, 0.3) is 0 Å². The maximum Gasteiger partial charge on any atom is 0.188 e. The first-order valence-electron chi connectivity index (χ1n) is 8.60. The van der Waals surface area contributed by atoms with Crippen LogP contribution in [0.1, 0.15) is 30.9 Å². The van der Waals surface area contributed by atoms with Crippen molar-refractivity contribution >= 4 is 17.7 Å². The van der Waals surface area contributed by atoms with E-state index in [1.165, 1.54) is 30.5 Å². The molecule has 0 radical (unpaired) electrons. The van der Waals surface area contributed by atoms with Crippen LogP contribution in [0.5, 0.6) is 0 Å². The quantitative estimate of drug-likeness (QED) is 0.436. The molecule has 1 saturated heterocycles. The smallest absolute Gasteiger partial charge is 0.188 e. The molecule has 1 fully saturated rings. The molecule has 1 aliphatic rings. The summed E-state index contributed by atoms with van der Waals surface area (Å²) in [6.45, 7) is 8.35. The molecule has 23 heavy (non-hydrogen) atoms. The van der Waals surface area contributed by atoms with Crippen molar-refractivity contribution in [2.24, 2.45) is 10.7 Å². The Morgan fingerprint density at radius 3 is 2.91 bits per heavy atom. The maximum atomic E-state index is 5.96. The van der Waals surface area contributed by atoms with E-state index in [-0.39, 0.29) is 0 Å². The van der Waals surface area contributed by atoms with Crippen molar-refractivity contribution < 1.29 is 0 Å². The van der Waals surface area contributed by atoms with Gasteiger partial charge in [-0.25, -0.2) is 0 Å². The molecule has 2 rings (SSSR count). The largest absolute Gasteiger partial charge is 0.370 e. The van der Waals surface area contributed by atoms with Gasteiger partial charge in [0.15, 0.2) is 5.96 Å². The average molecular weight is 335 g/mol. The van der Waals surface area contributed by atoms with Gasteiger partial charge < -0.3 is 11.1 Å². The van der Waals surface area contributed by atoms with Crippen molar-refractivity contribution in [1.82, 2.24) is 10.2 Å². The number of likely N-dealkylation sites (tertiary alicyclic amines) is 1. The molecule has 0 bridgehead atoms. The summed E-state index contributed by atoms with van der Waals surface area (Å²) in [6, 6.07) is 9.32. The fourth-order valence-corrected chi connectivity index (χ4v) is 3.72. The number of nitrogens with two attached hydrogens (primary N) is 1. The molecule has 0 spiro atoms. The predicted molar refractivity (Wildman–Crippen MR) is 102 cm³/mol. The van der Waals surface area contributed by atoms with Crippen molar-refractivity contribution in [3.8, 4) is 0 Å². The molecule has 1 heterocycles. The third-order valence-electron chi connectivity index (χ3n) is 4.32. The topological polar surface area (TPSA) is 53.6 Å². The first-order valence-corrected chi connectivity index (χ1v) is 9.75. The Balaban J connectivity index is 1.58. The molecule has 3 N–H and O–H groups in total. The Labute approximate surface area is 144 Å². The van der Waals surface area contributed by atoms with E-state index in [9.17, 15) is 0 Å². The van der Waals surface area contributed by atoms with Gasteiger partial charge in [-0.2, -0.15) is 11.8 Å². The van der Waals surface area contributed by atoms with E-state index < -0.39 is 0 Å². The van der Waals surface area contributed by atoms with E-state index in [0.717, 1.165) is 31.1 Å². The van der Waals surface area contributed by atoms with Gasteiger partial charge in [-0.1, -0.05) is 36.8 Å². The summed E-state index contributed by atoms with van der Waals surface area (Å²) in [5, 5.41) is 3.22. The van der Waals surface area contributed by atoms with Crippen molar-refractivity contribution in [3.05, 3.63) is 35.4 Å². The highest BCUT2D eigenvalue weighted by Crippen LogP contribution is 2.16. The van der Waals surface area contributed by atoms with Gasteiger partial charge in [-0.15, -0.1) is 0 Å². The number of rotatable bonds is 8. The molecule has 128 valence electrons. The number of nitrogens with one attached hydrogen (secondary N) is 1. The van der Waals surface area contributed by atoms with Crippen LogP contribution in [0.15, 0.2) is 29.3 Å². The Morgan fingerprint density at radius 1 is 1.39 bits per heavy atom. The minimum Gasteiger partial charge on any atom is -0.370 e. The average Bonchev–Trinajstić information content (AvgIpc) is 3.02. The molecular formula is C18H30N4S. The summed E-state index contributed by atoms with van der Waals surface area (Å²) in [5.74, 6) is 2.67. The molecule has 0 aliphatic carbocycles. The summed E-state index contributed by atoms with van der Waals surface area (Å²) in [7, 11) is 0. The molecule has 1 atom stereocenters. The number of hydrogen-bond acceptors (Lipinski definition) is 3. The maximum absolute atomic E-state index is 5.96. The molecule has 1 aromatic rings. The molecule has 5 heteroatoms. The van der Waals surface area contributed by atoms with E-state index >= 15 is 0 Å². The fraction of sp³-hybridized carbons (Fsp3) is 0.611. The van der Waals surface area contributed by atoms with Crippen LogP contribution in [0.3, 0.4) is 0 Å². The minimum atomic E-state index is 0.580. The fourth-order valence-electron chi connectivity index (χ4n) is 2.90. The van der Waals surface area contributed by atoms with Crippen molar-refractivity contribution in [1.29, 1.82) is 0 Å². The molecule has 1 aromatic carbocycles. The van der Waals surface area contributed by atoms with Crippen molar-refractivity contribution in [3.63, 3.8) is 0 Å². The van der Waals surface area contributed by atoms with Gasteiger partial charge in [0.1, 0.15) is 0 Å². The Hall–Kier alpha value is -1.20. The number of likely N-dealkylation sites (N-methyl/N-ethyl adjacent to an activating group) is 1. The summed E-state index contributed by atoms with van der Waals surface area (Å²) < 4.78 is 0. The van der Waals surface area contributed by atoms with Crippen LogP contribution < -0.4 is 11.1 Å². The summed E-state index contributed by atoms with van der Waals surface area (Å²) >= 11 is 1.92. The zero-order chi connectivity index (χ0) is 16.5. The normalized spacial score (nSPS) is 19.2. The molecule has 0 aromatic heterocycles. The molecule has 0 saturated carbocycles. The Morgan fingerprint density at radius 2 is 2.17 bits per heavy atom. The lowest BCUT2D eigenvalue weighted by molar-refractivity contribution is 0.273. The van der Waals surface area contributed by atoms with Crippen molar-refractivity contribution in [2.75, 3.05) is 31.9 Å². The number of aryl methyl sites for hydroxylation is 1. The van der Waals surface area contributed by atoms with E-state index in [2.05, 4.69) is 53.3 Å². The first-order chi connectivity index (χ1) is 11.2. The molecule has 1 unspecified atom stereocenters. The predicted octanol–water partition coefficient (Wildman–Crippen LogP) is 2.62. The lowest BCUT2D eigenvalue weighted by Crippen LogP contribution is -2.36. The van der Waals surface area contributed by atoms with Gasteiger partial charge in [-0.05, 0) is 38.4 Å². The molecular weight excluding hydrogens is 304 g/mol. The number of aliphatic imine (C=N–C) groups is 1. The van der Waals surface area contributed by atoms with Crippen molar-refractivity contribution in [2.45, 2.75) is 38.5 Å². The summed E-state index contributed by atoms with van der Waals surface area (Å²) in [6.07, 6.45) is 2.54. The number of guanidine groups is 1. The third-order valence-corrected chi connectivity index (χ3v) is 5.35. The summed E-state index contributed by atoms with van der Waals surface area (Å²) in [5.41, 5.74) is 8.65. The zero-order valence-corrected chi connectivity index (χ0v) is 15.2. The number of hydrogen-bond donors (Lipinski definition) is 2. The minimum absolute atomic E-state index is 0.580. The first kappa shape index (κ1) is 18.1. The monoisotopic (exact) mass is 334 g/mol. The second-order valence-electron chi connectivity index (χ2n) is 6.12. The van der Waals surface area contributed by atoms with Crippen LogP contribution in [-0.2, 0) is 5.75 Å². The number of thioether (sulfide) groups is 1. The van der Waals surface area contributed by atoms with E-state index in [1.54, 1.807) is 0 Å². The lowest BCUT2D eigenvalue weighted by Gasteiger charge is -2.20. The second-order valence-corrected chi connectivity index (χ2v) is 7.22. The van der Waals surface area contributed by atoms with Gasteiger partial charge in [0.05, 0.1) is 6.54 Å². The lowest BCUT2D eigenvalue weighted by atomic mass is 10.2. The van der Waals surface area contributed by atoms with Crippen LogP contribution in [0.25, 0.3) is 0 Å². The van der Waals surface area contributed by atoms with Gasteiger partial charge in [0.2, 0.25) is 0 Å². The van der Waals surface area contributed by atoms with Gasteiger partial charge >= 0.3 is 0 Å². The Bertz CT molecular complexity index is 486. The zero-order valence-electron chi connectivity index (χ0n) is 14.4. The Kier molecular flexibility index (Phi) is 7.76. The van der Waals surface area contributed by atoms with Crippen LogP contribution in [0.2, 0.25) is 0 Å². The highest BCUT2D eigenvalue weighted by atomic mass is 32.2. The van der Waals surface area contributed by atoms with Gasteiger partial charge in [0, 0.05) is 24.1 Å². The highest BCUT2D eigenvalue weighted by molar-refractivity contribution is 7.98. The molecule has 4 nitrogen and oxygen atoms in total. The summed E-state index contributed by atoms with van der Waals surface area (Å²) in [4.78, 5) is 7.00. The number of nitrogens with zero attached hydrogens (tertiary/aromatic N) is 2.